The normalized spacial score (nSPS) is 15.6. The maximum absolute atomic E-state index is 11.9. The van der Waals surface area contributed by atoms with Gasteiger partial charge in [0.25, 0.3) is 10.0 Å². The Kier molecular flexibility index (Phi) is 4.50. The second-order valence-corrected chi connectivity index (χ2v) is 7.03. The minimum Gasteiger partial charge on any atom is -0.476 e. The predicted molar refractivity (Wildman–Crippen MR) is 67.8 cm³/mol. The molecule has 106 valence electrons. The van der Waals surface area contributed by atoms with Crippen molar-refractivity contribution >= 4 is 27.3 Å². The molecule has 2 rings (SSSR count). The van der Waals surface area contributed by atoms with E-state index in [2.05, 4.69) is 9.71 Å². The van der Waals surface area contributed by atoms with E-state index in [0.29, 0.717) is 12.5 Å². The molecule has 1 heterocycles. The summed E-state index contributed by atoms with van der Waals surface area (Å²) >= 11 is 0.780. The third-order valence-corrected chi connectivity index (χ3v) is 5.40. The minimum absolute atomic E-state index is 0.117. The van der Waals surface area contributed by atoms with Gasteiger partial charge >= 0.3 is 5.97 Å². The number of sulfonamides is 1. The molecule has 0 radical (unpaired) electrons. The van der Waals surface area contributed by atoms with Gasteiger partial charge in [-0.15, -0.1) is 11.3 Å². The number of nitrogens with one attached hydrogen (secondary N) is 1. The molecular weight excluding hydrogens is 292 g/mol. The average Bonchev–Trinajstić information content (AvgIpc) is 3.01. The second-order valence-electron chi connectivity index (χ2n) is 4.21. The van der Waals surface area contributed by atoms with Crippen LogP contribution >= 0.6 is 11.3 Å². The fourth-order valence-electron chi connectivity index (χ4n) is 1.42. The van der Waals surface area contributed by atoms with E-state index in [4.69, 9.17) is 9.84 Å². The van der Waals surface area contributed by atoms with Gasteiger partial charge in [0, 0.05) is 13.2 Å². The first kappa shape index (κ1) is 14.4. The van der Waals surface area contributed by atoms with Gasteiger partial charge in [0.2, 0.25) is 0 Å². The molecule has 1 saturated carbocycles. The number of carboxylic acids is 1. The van der Waals surface area contributed by atoms with E-state index in [9.17, 15) is 13.2 Å². The maximum atomic E-state index is 11.9. The molecule has 1 aliphatic rings. The van der Waals surface area contributed by atoms with Gasteiger partial charge in [-0.25, -0.2) is 22.9 Å². The van der Waals surface area contributed by atoms with Crippen LogP contribution in [0.4, 0.5) is 0 Å². The Bertz CT molecular complexity index is 550. The number of aromatic carboxylic acids is 1. The third kappa shape index (κ3) is 3.96. The summed E-state index contributed by atoms with van der Waals surface area (Å²) in [6, 6.07) is 0. The highest BCUT2D eigenvalue weighted by atomic mass is 32.2. The summed E-state index contributed by atoms with van der Waals surface area (Å²) in [5, 5.41) is 8.82. The molecule has 0 saturated heterocycles. The molecule has 9 heteroatoms. The van der Waals surface area contributed by atoms with Crippen molar-refractivity contribution in [2.24, 2.45) is 5.92 Å². The van der Waals surface area contributed by atoms with Crippen LogP contribution in [0.5, 0.6) is 0 Å². The van der Waals surface area contributed by atoms with E-state index < -0.39 is 21.7 Å². The summed E-state index contributed by atoms with van der Waals surface area (Å²) in [7, 11) is -3.83. The highest BCUT2D eigenvalue weighted by Gasteiger charge is 2.25. The number of nitrogens with zero attached hydrogens (tertiary/aromatic N) is 1. The molecular formula is C10H14N2O5S2. The van der Waals surface area contributed by atoms with Crippen molar-refractivity contribution in [3.8, 4) is 0 Å². The van der Waals surface area contributed by atoms with Crippen molar-refractivity contribution in [2.75, 3.05) is 19.8 Å². The number of rotatable bonds is 8. The van der Waals surface area contributed by atoms with Crippen molar-refractivity contribution in [3.63, 3.8) is 0 Å². The second kappa shape index (κ2) is 5.95. The van der Waals surface area contributed by atoms with E-state index in [1.54, 1.807) is 0 Å². The minimum atomic E-state index is -3.83. The molecule has 2 N–H and O–H groups in total. The van der Waals surface area contributed by atoms with Crippen LogP contribution in [0, 0.1) is 5.92 Å². The van der Waals surface area contributed by atoms with Gasteiger partial charge in [-0.05, 0) is 18.8 Å². The zero-order chi connectivity index (χ0) is 13.9. The fraction of sp³-hybridized carbons (Fsp3) is 0.600. The van der Waals surface area contributed by atoms with Crippen LogP contribution in [0.25, 0.3) is 0 Å². The van der Waals surface area contributed by atoms with E-state index >= 15 is 0 Å². The zero-order valence-electron chi connectivity index (χ0n) is 10.0. The van der Waals surface area contributed by atoms with E-state index in [1.807, 2.05) is 0 Å². The van der Waals surface area contributed by atoms with E-state index in [1.165, 1.54) is 18.4 Å². The summed E-state index contributed by atoms with van der Waals surface area (Å²) in [4.78, 5) is 14.3. The molecule has 1 fully saturated rings. The average molecular weight is 306 g/mol. The van der Waals surface area contributed by atoms with Gasteiger partial charge in [0.1, 0.15) is 0 Å². The molecule has 0 aromatic carbocycles. The number of hydrogen-bond donors (Lipinski definition) is 2. The molecule has 1 aromatic heterocycles. The van der Waals surface area contributed by atoms with E-state index in [0.717, 1.165) is 11.3 Å². The smallest absolute Gasteiger partial charge is 0.356 e. The first-order valence-corrected chi connectivity index (χ1v) is 8.11. The summed E-state index contributed by atoms with van der Waals surface area (Å²) < 4.78 is 31.1. The Morgan fingerprint density at radius 1 is 1.58 bits per heavy atom. The standard InChI is InChI=1S/C10H14N2O5S2/c13-9(14)8-10(18-6-11-8)19(15,16)12-3-4-17-5-7-1-2-7/h6-7,12H,1-5H2,(H,13,14). The highest BCUT2D eigenvalue weighted by Crippen LogP contribution is 2.28. The lowest BCUT2D eigenvalue weighted by atomic mass is 10.5. The lowest BCUT2D eigenvalue weighted by Gasteiger charge is -2.06. The van der Waals surface area contributed by atoms with Crippen molar-refractivity contribution in [3.05, 3.63) is 11.2 Å². The van der Waals surface area contributed by atoms with Gasteiger partial charge in [-0.3, -0.25) is 0 Å². The Morgan fingerprint density at radius 3 is 2.95 bits per heavy atom. The molecule has 0 aliphatic heterocycles. The van der Waals surface area contributed by atoms with Gasteiger partial charge in [-0.1, -0.05) is 0 Å². The zero-order valence-corrected chi connectivity index (χ0v) is 11.7. The van der Waals surface area contributed by atoms with Crippen LogP contribution < -0.4 is 4.72 Å². The fourth-order valence-corrected chi connectivity index (χ4v) is 3.61. The number of carboxylic acid groups (broad SMARTS) is 1. The highest BCUT2D eigenvalue weighted by molar-refractivity contribution is 7.91. The molecule has 1 aliphatic carbocycles. The number of aromatic nitrogens is 1. The first-order valence-electron chi connectivity index (χ1n) is 5.75. The predicted octanol–water partition coefficient (Wildman–Crippen LogP) is 0.546. The Hall–Kier alpha value is -1.03. The molecule has 0 atom stereocenters. The molecule has 0 bridgehead atoms. The number of ether oxygens (including phenoxy) is 1. The third-order valence-electron chi connectivity index (χ3n) is 2.57. The first-order chi connectivity index (χ1) is 9.00. The Balaban J connectivity index is 1.86. The molecule has 0 unspecified atom stereocenters. The summed E-state index contributed by atoms with van der Waals surface area (Å²) in [6.07, 6.45) is 2.35. The van der Waals surface area contributed by atoms with Gasteiger partial charge in [-0.2, -0.15) is 0 Å². The largest absolute Gasteiger partial charge is 0.476 e. The number of hydrogen-bond acceptors (Lipinski definition) is 6. The van der Waals surface area contributed by atoms with Crippen molar-refractivity contribution in [2.45, 2.75) is 17.1 Å². The lowest BCUT2D eigenvalue weighted by Crippen LogP contribution is -2.28. The van der Waals surface area contributed by atoms with Crippen molar-refractivity contribution in [1.29, 1.82) is 0 Å². The topological polar surface area (TPSA) is 106 Å². The van der Waals surface area contributed by atoms with Crippen LogP contribution in [0.15, 0.2) is 9.72 Å². The van der Waals surface area contributed by atoms with E-state index in [-0.39, 0.29) is 17.4 Å². The SMILES string of the molecule is O=C(O)c1ncsc1S(=O)(=O)NCCOCC1CC1. The van der Waals surface area contributed by atoms with Crippen LogP contribution in [0.3, 0.4) is 0 Å². The van der Waals surface area contributed by atoms with Crippen molar-refractivity contribution < 1.29 is 23.1 Å². The number of carbonyl (C=O) groups is 1. The molecule has 1 aromatic rings. The van der Waals surface area contributed by atoms with Crippen molar-refractivity contribution in [1.82, 2.24) is 9.71 Å². The summed E-state index contributed by atoms with van der Waals surface area (Å²) in [5.74, 6) is -0.733. The summed E-state index contributed by atoms with van der Waals surface area (Å²) in [6.45, 7) is 1.05. The van der Waals surface area contributed by atoms with Gasteiger partial charge < -0.3 is 9.84 Å². The lowest BCUT2D eigenvalue weighted by molar-refractivity contribution is 0.0687. The maximum Gasteiger partial charge on any atom is 0.356 e. The quantitative estimate of drug-likeness (QED) is 0.679. The molecule has 7 nitrogen and oxygen atoms in total. The Labute approximate surface area is 114 Å². The molecule has 0 spiro atoms. The molecule has 0 amide bonds. The molecule has 19 heavy (non-hydrogen) atoms. The Morgan fingerprint density at radius 2 is 2.32 bits per heavy atom. The summed E-state index contributed by atoms with van der Waals surface area (Å²) in [5.41, 5.74) is 0.748. The van der Waals surface area contributed by atoms with Crippen LogP contribution in [-0.2, 0) is 14.8 Å². The monoisotopic (exact) mass is 306 g/mol. The number of thiazole rings is 1. The van der Waals surface area contributed by atoms with Crippen LogP contribution in [0.2, 0.25) is 0 Å². The van der Waals surface area contributed by atoms with Gasteiger partial charge in [0.05, 0.1) is 12.1 Å². The van der Waals surface area contributed by atoms with Crippen LogP contribution in [-0.4, -0.2) is 44.2 Å². The van der Waals surface area contributed by atoms with Crippen LogP contribution in [0.1, 0.15) is 23.3 Å². The van der Waals surface area contributed by atoms with Gasteiger partial charge in [0.15, 0.2) is 9.90 Å².